The Labute approximate surface area is 88.0 Å². The second kappa shape index (κ2) is 3.61. The number of aliphatic carboxylic acids is 1. The van der Waals surface area contributed by atoms with Crippen LogP contribution in [-0.4, -0.2) is 16.0 Å². The third-order valence-electron chi connectivity index (χ3n) is 2.42. The molecule has 0 aliphatic carbocycles. The third kappa shape index (κ3) is 1.76. The fourth-order valence-corrected chi connectivity index (χ4v) is 1.56. The van der Waals surface area contributed by atoms with Crippen LogP contribution in [0.25, 0.3) is 6.08 Å². The summed E-state index contributed by atoms with van der Waals surface area (Å²) in [4.78, 5) is 12.4. The summed E-state index contributed by atoms with van der Waals surface area (Å²) >= 11 is 0. The van der Waals surface area contributed by atoms with Crippen molar-refractivity contribution in [3.05, 3.63) is 53.9 Å². The number of benzene rings is 1. The molecule has 0 saturated carbocycles. The number of carbonyl (C=O) groups is 1. The molecule has 0 aromatic heterocycles. The highest BCUT2D eigenvalue weighted by Gasteiger charge is 2.16. The van der Waals surface area contributed by atoms with Crippen molar-refractivity contribution in [3.63, 3.8) is 0 Å². The lowest BCUT2D eigenvalue weighted by molar-refractivity contribution is -0.134. The zero-order valence-electron chi connectivity index (χ0n) is 8.18. The SMILES string of the molecule is C=C(C(=O)O)N1C=Cc2ccccc2C1. The molecule has 0 atom stereocenters. The monoisotopic (exact) mass is 201 g/mol. The fourth-order valence-electron chi connectivity index (χ4n) is 1.56. The van der Waals surface area contributed by atoms with E-state index in [1.54, 1.807) is 11.1 Å². The van der Waals surface area contributed by atoms with Gasteiger partial charge in [0.25, 0.3) is 0 Å². The zero-order chi connectivity index (χ0) is 10.8. The number of rotatable bonds is 2. The molecular weight excluding hydrogens is 190 g/mol. The molecule has 3 nitrogen and oxygen atoms in total. The van der Waals surface area contributed by atoms with E-state index in [2.05, 4.69) is 6.58 Å². The van der Waals surface area contributed by atoms with E-state index >= 15 is 0 Å². The van der Waals surface area contributed by atoms with Crippen molar-refractivity contribution < 1.29 is 9.90 Å². The Bertz CT molecular complexity index is 449. The van der Waals surface area contributed by atoms with Gasteiger partial charge in [-0.05, 0) is 17.2 Å². The van der Waals surface area contributed by atoms with Gasteiger partial charge < -0.3 is 10.0 Å². The molecule has 1 aromatic rings. The molecule has 0 fully saturated rings. The van der Waals surface area contributed by atoms with Gasteiger partial charge in [-0.2, -0.15) is 0 Å². The topological polar surface area (TPSA) is 40.5 Å². The molecule has 76 valence electrons. The quantitative estimate of drug-likeness (QED) is 0.744. The maximum atomic E-state index is 10.7. The first-order valence-corrected chi connectivity index (χ1v) is 4.63. The predicted octanol–water partition coefficient (Wildman–Crippen LogP) is 2.07. The van der Waals surface area contributed by atoms with Gasteiger partial charge in [0.2, 0.25) is 0 Å². The van der Waals surface area contributed by atoms with Crippen molar-refractivity contribution in [3.8, 4) is 0 Å². The minimum absolute atomic E-state index is 0.0979. The molecule has 1 aromatic carbocycles. The van der Waals surface area contributed by atoms with Gasteiger partial charge in [-0.25, -0.2) is 4.79 Å². The van der Waals surface area contributed by atoms with Gasteiger partial charge in [0.1, 0.15) is 5.70 Å². The first-order chi connectivity index (χ1) is 7.18. The van der Waals surface area contributed by atoms with E-state index in [4.69, 9.17) is 5.11 Å². The van der Waals surface area contributed by atoms with Crippen LogP contribution in [0.5, 0.6) is 0 Å². The highest BCUT2D eigenvalue weighted by molar-refractivity contribution is 5.85. The predicted molar refractivity (Wildman–Crippen MR) is 57.8 cm³/mol. The molecule has 1 heterocycles. The van der Waals surface area contributed by atoms with Gasteiger partial charge >= 0.3 is 5.97 Å². The Morgan fingerprint density at radius 2 is 2.13 bits per heavy atom. The summed E-state index contributed by atoms with van der Waals surface area (Å²) in [6.45, 7) is 4.09. The minimum Gasteiger partial charge on any atom is -0.477 e. The summed E-state index contributed by atoms with van der Waals surface area (Å²) in [5.74, 6) is -0.987. The van der Waals surface area contributed by atoms with E-state index in [1.807, 2.05) is 30.3 Å². The van der Waals surface area contributed by atoms with Crippen LogP contribution in [-0.2, 0) is 11.3 Å². The van der Waals surface area contributed by atoms with Crippen molar-refractivity contribution in [1.29, 1.82) is 0 Å². The maximum absolute atomic E-state index is 10.7. The number of nitrogens with zero attached hydrogens (tertiary/aromatic N) is 1. The first-order valence-electron chi connectivity index (χ1n) is 4.63. The van der Waals surface area contributed by atoms with Crippen molar-refractivity contribution in [2.24, 2.45) is 0 Å². The zero-order valence-corrected chi connectivity index (χ0v) is 8.18. The maximum Gasteiger partial charge on any atom is 0.351 e. The first kappa shape index (κ1) is 9.52. The number of carboxylic acids is 1. The molecule has 2 rings (SSSR count). The van der Waals surface area contributed by atoms with Crippen molar-refractivity contribution >= 4 is 12.0 Å². The van der Waals surface area contributed by atoms with Crippen molar-refractivity contribution in [2.75, 3.05) is 0 Å². The molecule has 0 spiro atoms. The van der Waals surface area contributed by atoms with Gasteiger partial charge in [0.15, 0.2) is 0 Å². The Hall–Kier alpha value is -2.03. The van der Waals surface area contributed by atoms with Crippen LogP contribution < -0.4 is 0 Å². The van der Waals surface area contributed by atoms with E-state index < -0.39 is 5.97 Å². The second-order valence-electron chi connectivity index (χ2n) is 3.39. The summed E-state index contributed by atoms with van der Waals surface area (Å²) in [6.07, 6.45) is 3.64. The van der Waals surface area contributed by atoms with Crippen LogP contribution in [0.3, 0.4) is 0 Å². The van der Waals surface area contributed by atoms with Crippen molar-refractivity contribution in [1.82, 2.24) is 4.90 Å². The van der Waals surface area contributed by atoms with Gasteiger partial charge in [0, 0.05) is 12.7 Å². The number of hydrogen-bond acceptors (Lipinski definition) is 2. The standard InChI is InChI=1S/C12H11NO2/c1-9(12(14)15)13-7-6-10-4-2-3-5-11(10)8-13/h2-7H,1,8H2,(H,14,15). The molecule has 15 heavy (non-hydrogen) atoms. The van der Waals surface area contributed by atoms with E-state index in [1.165, 1.54) is 0 Å². The summed E-state index contributed by atoms with van der Waals surface area (Å²) in [5, 5.41) is 8.81. The third-order valence-corrected chi connectivity index (χ3v) is 2.42. The average Bonchev–Trinajstić information content (AvgIpc) is 2.27. The molecule has 1 aliphatic rings. The number of hydrogen-bond donors (Lipinski definition) is 1. The summed E-state index contributed by atoms with van der Waals surface area (Å²) in [6, 6.07) is 7.90. The average molecular weight is 201 g/mol. The Balaban J connectivity index is 2.26. The van der Waals surface area contributed by atoms with E-state index in [0.717, 1.165) is 11.1 Å². The minimum atomic E-state index is -0.987. The lowest BCUT2D eigenvalue weighted by Crippen LogP contribution is -2.23. The lowest BCUT2D eigenvalue weighted by Gasteiger charge is -2.24. The normalized spacial score (nSPS) is 13.5. The summed E-state index contributed by atoms with van der Waals surface area (Å²) < 4.78 is 0. The summed E-state index contributed by atoms with van der Waals surface area (Å²) in [5.41, 5.74) is 2.34. The van der Waals surface area contributed by atoms with Crippen LogP contribution in [0, 0.1) is 0 Å². The van der Waals surface area contributed by atoms with E-state index in [0.29, 0.717) is 6.54 Å². The molecule has 0 bridgehead atoms. The van der Waals surface area contributed by atoms with Crippen LogP contribution in [0.15, 0.2) is 42.7 Å². The van der Waals surface area contributed by atoms with E-state index in [-0.39, 0.29) is 5.70 Å². The molecule has 0 saturated heterocycles. The summed E-state index contributed by atoms with van der Waals surface area (Å²) in [7, 11) is 0. The van der Waals surface area contributed by atoms with Crippen LogP contribution in [0.2, 0.25) is 0 Å². The second-order valence-corrected chi connectivity index (χ2v) is 3.39. The molecule has 0 radical (unpaired) electrons. The molecular formula is C12H11NO2. The Morgan fingerprint density at radius 3 is 2.87 bits per heavy atom. The van der Waals surface area contributed by atoms with Crippen LogP contribution in [0.4, 0.5) is 0 Å². The van der Waals surface area contributed by atoms with Gasteiger partial charge in [-0.3, -0.25) is 0 Å². The van der Waals surface area contributed by atoms with E-state index in [9.17, 15) is 4.79 Å². The molecule has 1 aliphatic heterocycles. The molecule has 0 amide bonds. The highest BCUT2D eigenvalue weighted by atomic mass is 16.4. The van der Waals surface area contributed by atoms with Crippen molar-refractivity contribution in [2.45, 2.75) is 6.54 Å². The van der Waals surface area contributed by atoms with Crippen LogP contribution >= 0.6 is 0 Å². The Kier molecular flexibility index (Phi) is 2.29. The van der Waals surface area contributed by atoms with Gasteiger partial charge in [0.05, 0.1) is 0 Å². The smallest absolute Gasteiger partial charge is 0.351 e. The molecule has 3 heteroatoms. The van der Waals surface area contributed by atoms with Crippen LogP contribution in [0.1, 0.15) is 11.1 Å². The lowest BCUT2D eigenvalue weighted by atomic mass is 10.0. The number of fused-ring (bicyclic) bond motifs is 1. The fraction of sp³-hybridized carbons (Fsp3) is 0.0833. The largest absolute Gasteiger partial charge is 0.477 e. The van der Waals surface area contributed by atoms with Gasteiger partial charge in [-0.15, -0.1) is 0 Å². The number of carboxylic acid groups (broad SMARTS) is 1. The molecule has 1 N–H and O–H groups in total. The Morgan fingerprint density at radius 1 is 1.40 bits per heavy atom. The highest BCUT2D eigenvalue weighted by Crippen LogP contribution is 2.21. The molecule has 0 unspecified atom stereocenters. The van der Waals surface area contributed by atoms with Gasteiger partial charge in [-0.1, -0.05) is 30.8 Å².